The molecule has 0 aliphatic heterocycles. The molecule has 0 radical (unpaired) electrons. The Morgan fingerprint density at radius 3 is 1.80 bits per heavy atom. The number of carbonyl (C=O) groups excluding carboxylic acids is 2. The van der Waals surface area contributed by atoms with Gasteiger partial charge in [-0.15, -0.1) is 0 Å². The van der Waals surface area contributed by atoms with Crippen molar-refractivity contribution in [3.63, 3.8) is 0 Å². The standard InChI is InChI=1S/C30H52N2O3/c1-4-6-7-8-9-10-11-12-13-14-15-16-17-21-24-31-29(33)28(26(3)5-2)32-30(34)35-25-27-22-19-18-20-23-27/h18-20,22-23,26,28H,4-17,21,24-25H2,1-3H3,(H,31,33)(H,32,34)/t26-,28-/m0/s1. The van der Waals surface area contributed by atoms with Crippen LogP contribution in [0.2, 0.25) is 0 Å². The highest BCUT2D eigenvalue weighted by atomic mass is 16.5. The van der Waals surface area contributed by atoms with Crippen LogP contribution in [-0.4, -0.2) is 24.6 Å². The summed E-state index contributed by atoms with van der Waals surface area (Å²) in [6.07, 6.45) is 18.7. The molecule has 0 aliphatic carbocycles. The predicted molar refractivity (Wildman–Crippen MR) is 146 cm³/mol. The molecule has 0 saturated carbocycles. The molecule has 200 valence electrons. The fraction of sp³-hybridized carbons (Fsp3) is 0.733. The van der Waals surface area contributed by atoms with Gasteiger partial charge in [0.15, 0.2) is 0 Å². The minimum Gasteiger partial charge on any atom is -0.445 e. The third kappa shape index (κ3) is 16.3. The first-order chi connectivity index (χ1) is 17.1. The Balaban J connectivity index is 2.09. The van der Waals surface area contributed by atoms with E-state index in [9.17, 15) is 9.59 Å². The first kappa shape index (κ1) is 31.0. The van der Waals surface area contributed by atoms with Gasteiger partial charge in [0.1, 0.15) is 12.6 Å². The van der Waals surface area contributed by atoms with Crippen LogP contribution in [0.15, 0.2) is 30.3 Å². The number of carbonyl (C=O) groups is 2. The highest BCUT2D eigenvalue weighted by Crippen LogP contribution is 2.13. The molecule has 5 heteroatoms. The number of unbranched alkanes of at least 4 members (excludes halogenated alkanes) is 13. The van der Waals surface area contributed by atoms with Gasteiger partial charge in [0.25, 0.3) is 0 Å². The Kier molecular flexibility index (Phi) is 18.8. The van der Waals surface area contributed by atoms with Gasteiger partial charge >= 0.3 is 6.09 Å². The second-order valence-electron chi connectivity index (χ2n) is 9.96. The van der Waals surface area contributed by atoms with Crippen LogP contribution in [0.1, 0.15) is 123 Å². The van der Waals surface area contributed by atoms with Gasteiger partial charge < -0.3 is 15.4 Å². The summed E-state index contributed by atoms with van der Waals surface area (Å²) < 4.78 is 5.30. The van der Waals surface area contributed by atoms with Gasteiger partial charge in [0, 0.05) is 6.54 Å². The molecule has 0 bridgehead atoms. The number of nitrogens with one attached hydrogen (secondary N) is 2. The van der Waals surface area contributed by atoms with Crippen LogP contribution in [0.3, 0.4) is 0 Å². The second kappa shape index (κ2) is 21.3. The van der Waals surface area contributed by atoms with Crippen molar-refractivity contribution in [2.24, 2.45) is 5.92 Å². The van der Waals surface area contributed by atoms with E-state index >= 15 is 0 Å². The first-order valence-corrected chi connectivity index (χ1v) is 14.3. The van der Waals surface area contributed by atoms with Gasteiger partial charge in [-0.3, -0.25) is 4.79 Å². The fourth-order valence-corrected chi connectivity index (χ4v) is 4.23. The van der Waals surface area contributed by atoms with Gasteiger partial charge in [-0.05, 0) is 17.9 Å². The molecule has 0 fully saturated rings. The smallest absolute Gasteiger partial charge is 0.408 e. The van der Waals surface area contributed by atoms with Crippen molar-refractivity contribution in [1.29, 1.82) is 0 Å². The average molecular weight is 489 g/mol. The molecule has 2 amide bonds. The third-order valence-corrected chi connectivity index (χ3v) is 6.81. The zero-order valence-electron chi connectivity index (χ0n) is 22.8. The van der Waals surface area contributed by atoms with Crippen molar-refractivity contribution in [2.45, 2.75) is 130 Å². The van der Waals surface area contributed by atoms with Crippen LogP contribution in [0.4, 0.5) is 4.79 Å². The van der Waals surface area contributed by atoms with Crippen molar-refractivity contribution >= 4 is 12.0 Å². The van der Waals surface area contributed by atoms with Crippen molar-refractivity contribution < 1.29 is 14.3 Å². The van der Waals surface area contributed by atoms with Crippen LogP contribution in [0.25, 0.3) is 0 Å². The number of rotatable bonds is 21. The summed E-state index contributed by atoms with van der Waals surface area (Å²) in [6, 6.07) is 8.97. The maximum Gasteiger partial charge on any atom is 0.408 e. The molecule has 5 nitrogen and oxygen atoms in total. The van der Waals surface area contributed by atoms with Gasteiger partial charge in [-0.1, -0.05) is 141 Å². The quantitative estimate of drug-likeness (QED) is 0.173. The van der Waals surface area contributed by atoms with E-state index in [1.165, 1.54) is 77.0 Å². The van der Waals surface area contributed by atoms with E-state index in [1.54, 1.807) is 0 Å². The summed E-state index contributed by atoms with van der Waals surface area (Å²) in [6.45, 7) is 7.13. The van der Waals surface area contributed by atoms with Crippen LogP contribution in [0, 0.1) is 5.92 Å². The largest absolute Gasteiger partial charge is 0.445 e. The van der Waals surface area contributed by atoms with Crippen LogP contribution in [0.5, 0.6) is 0 Å². The van der Waals surface area contributed by atoms with Crippen molar-refractivity contribution in [2.75, 3.05) is 6.54 Å². The molecule has 1 aromatic carbocycles. The lowest BCUT2D eigenvalue weighted by molar-refractivity contribution is -0.124. The summed E-state index contributed by atoms with van der Waals surface area (Å²) in [4.78, 5) is 25.0. The van der Waals surface area contributed by atoms with E-state index in [2.05, 4.69) is 17.6 Å². The lowest BCUT2D eigenvalue weighted by atomic mass is 9.98. The lowest BCUT2D eigenvalue weighted by Crippen LogP contribution is -2.50. The van der Waals surface area contributed by atoms with Crippen molar-refractivity contribution in [3.05, 3.63) is 35.9 Å². The maximum absolute atomic E-state index is 12.7. The normalized spacial score (nSPS) is 12.7. The zero-order chi connectivity index (χ0) is 25.6. The minimum atomic E-state index is -0.574. The molecule has 0 aromatic heterocycles. The molecule has 0 aliphatic rings. The Morgan fingerprint density at radius 2 is 1.29 bits per heavy atom. The number of benzene rings is 1. The fourth-order valence-electron chi connectivity index (χ4n) is 4.23. The second-order valence-corrected chi connectivity index (χ2v) is 9.96. The van der Waals surface area contributed by atoms with Crippen LogP contribution >= 0.6 is 0 Å². The Labute approximate surface area is 215 Å². The third-order valence-electron chi connectivity index (χ3n) is 6.81. The number of ether oxygens (including phenoxy) is 1. The van der Waals surface area contributed by atoms with E-state index < -0.39 is 12.1 Å². The van der Waals surface area contributed by atoms with Gasteiger partial charge in [0.05, 0.1) is 0 Å². The molecule has 0 saturated heterocycles. The molecular weight excluding hydrogens is 436 g/mol. The number of alkyl carbamates (subject to hydrolysis) is 1. The SMILES string of the molecule is CCCCCCCCCCCCCCCCNC(=O)[C@@H](NC(=O)OCc1ccccc1)[C@@H](C)CC. The maximum atomic E-state index is 12.7. The Hall–Kier alpha value is -2.04. The van der Waals surface area contributed by atoms with E-state index in [-0.39, 0.29) is 18.4 Å². The van der Waals surface area contributed by atoms with Crippen LogP contribution < -0.4 is 10.6 Å². The highest BCUT2D eigenvalue weighted by Gasteiger charge is 2.26. The monoisotopic (exact) mass is 488 g/mol. The summed E-state index contributed by atoms with van der Waals surface area (Å²) in [5.41, 5.74) is 0.921. The van der Waals surface area contributed by atoms with Gasteiger partial charge in [-0.25, -0.2) is 4.79 Å². The molecule has 0 unspecified atom stereocenters. The molecule has 1 rings (SSSR count). The Morgan fingerprint density at radius 1 is 0.771 bits per heavy atom. The van der Waals surface area contributed by atoms with Crippen molar-refractivity contribution in [1.82, 2.24) is 10.6 Å². The molecule has 1 aromatic rings. The average Bonchev–Trinajstić information content (AvgIpc) is 2.88. The molecule has 0 spiro atoms. The lowest BCUT2D eigenvalue weighted by Gasteiger charge is -2.23. The van der Waals surface area contributed by atoms with E-state index in [4.69, 9.17) is 4.74 Å². The number of hydrogen-bond donors (Lipinski definition) is 2. The first-order valence-electron chi connectivity index (χ1n) is 14.3. The summed E-state index contributed by atoms with van der Waals surface area (Å²) in [5.74, 6) is -0.0821. The van der Waals surface area contributed by atoms with E-state index in [1.807, 2.05) is 44.2 Å². The topological polar surface area (TPSA) is 67.4 Å². The van der Waals surface area contributed by atoms with E-state index in [0.717, 1.165) is 24.8 Å². The number of hydrogen-bond acceptors (Lipinski definition) is 3. The molecule has 35 heavy (non-hydrogen) atoms. The highest BCUT2D eigenvalue weighted by molar-refractivity contribution is 5.85. The van der Waals surface area contributed by atoms with Crippen molar-refractivity contribution in [3.8, 4) is 0 Å². The molecule has 2 N–H and O–H groups in total. The minimum absolute atomic E-state index is 0.0376. The van der Waals surface area contributed by atoms with Gasteiger partial charge in [-0.2, -0.15) is 0 Å². The number of amides is 2. The zero-order valence-corrected chi connectivity index (χ0v) is 22.8. The summed E-state index contributed by atoms with van der Waals surface area (Å²) >= 11 is 0. The predicted octanol–water partition coefficient (Wildman–Crippen LogP) is 7.93. The summed E-state index contributed by atoms with van der Waals surface area (Å²) in [7, 11) is 0. The van der Waals surface area contributed by atoms with E-state index in [0.29, 0.717) is 6.54 Å². The van der Waals surface area contributed by atoms with Gasteiger partial charge in [0.2, 0.25) is 5.91 Å². The molecular formula is C30H52N2O3. The van der Waals surface area contributed by atoms with Crippen LogP contribution in [-0.2, 0) is 16.1 Å². The molecule has 2 atom stereocenters. The Bertz CT molecular complexity index is 650. The summed E-state index contributed by atoms with van der Waals surface area (Å²) in [5, 5.41) is 5.78. The molecule has 0 heterocycles.